The minimum absolute atomic E-state index is 0.342. The summed E-state index contributed by atoms with van der Waals surface area (Å²) in [6, 6.07) is 0. The molecule has 0 aromatic heterocycles. The topological polar surface area (TPSA) is 40.5 Å². The number of allylic oxidation sites excluding steroid dienone is 3. The third kappa shape index (κ3) is 5.44. The van der Waals surface area contributed by atoms with Crippen molar-refractivity contribution in [2.24, 2.45) is 23.2 Å². The molecule has 0 radical (unpaired) electrons. The molecule has 5 atom stereocenters. The van der Waals surface area contributed by atoms with E-state index < -0.39 is 5.60 Å². The molecule has 0 aliphatic heterocycles. The molecule has 0 unspecified atom stereocenters. The first kappa shape index (κ1) is 22.8. The van der Waals surface area contributed by atoms with Crippen LogP contribution < -0.4 is 0 Å². The highest BCUT2D eigenvalue weighted by molar-refractivity contribution is 5.28. The molecule has 3 aliphatic rings. The van der Waals surface area contributed by atoms with E-state index in [0.29, 0.717) is 5.41 Å². The van der Waals surface area contributed by atoms with E-state index in [1.54, 1.807) is 5.57 Å². The zero-order valence-electron chi connectivity index (χ0n) is 19.3. The number of hydrogen-bond donors (Lipinski definition) is 2. The average Bonchev–Trinajstić information content (AvgIpc) is 2.99. The number of rotatable bonds is 6. The van der Waals surface area contributed by atoms with Gasteiger partial charge in [-0.25, -0.2) is 0 Å². The second kappa shape index (κ2) is 9.10. The van der Waals surface area contributed by atoms with E-state index in [1.807, 2.05) is 13.8 Å². The largest absolute Gasteiger partial charge is 0.390 e. The summed E-state index contributed by atoms with van der Waals surface area (Å²) in [5, 5.41) is 20.1. The van der Waals surface area contributed by atoms with Crippen molar-refractivity contribution in [2.45, 2.75) is 110 Å². The van der Waals surface area contributed by atoms with Crippen LogP contribution in [-0.2, 0) is 0 Å². The summed E-state index contributed by atoms with van der Waals surface area (Å²) in [5.41, 5.74) is 3.96. The lowest BCUT2D eigenvalue weighted by Gasteiger charge is -2.44. The van der Waals surface area contributed by atoms with Crippen molar-refractivity contribution in [2.75, 3.05) is 0 Å². The molecule has 2 nitrogen and oxygen atoms in total. The van der Waals surface area contributed by atoms with Gasteiger partial charge in [0.2, 0.25) is 0 Å². The van der Waals surface area contributed by atoms with E-state index in [4.69, 9.17) is 0 Å². The van der Waals surface area contributed by atoms with E-state index >= 15 is 0 Å². The summed E-state index contributed by atoms with van der Waals surface area (Å²) >= 11 is 0. The van der Waals surface area contributed by atoms with Gasteiger partial charge in [-0.3, -0.25) is 0 Å². The van der Waals surface area contributed by atoms with E-state index in [2.05, 4.69) is 32.6 Å². The van der Waals surface area contributed by atoms with Crippen LogP contribution in [0.4, 0.5) is 0 Å². The predicted molar refractivity (Wildman–Crippen MR) is 123 cm³/mol. The minimum Gasteiger partial charge on any atom is -0.390 e. The highest BCUT2D eigenvalue weighted by Gasteiger charge is 2.50. The Kier molecular flexibility index (Phi) is 7.16. The van der Waals surface area contributed by atoms with E-state index in [9.17, 15) is 10.2 Å². The van der Waals surface area contributed by atoms with E-state index in [0.717, 1.165) is 55.4 Å². The third-order valence-corrected chi connectivity index (χ3v) is 8.40. The smallest absolute Gasteiger partial charge is 0.0784 e. The van der Waals surface area contributed by atoms with Crippen LogP contribution >= 0.6 is 0 Å². The normalized spacial score (nSPS) is 37.2. The number of aliphatic hydroxyl groups is 2. The summed E-state index contributed by atoms with van der Waals surface area (Å²) in [7, 11) is 0. The van der Waals surface area contributed by atoms with Crippen molar-refractivity contribution < 1.29 is 10.2 Å². The van der Waals surface area contributed by atoms with Gasteiger partial charge in [0.05, 0.1) is 11.7 Å². The minimum atomic E-state index is -0.533. The lowest BCUT2D eigenvalue weighted by Crippen LogP contribution is -2.36. The van der Waals surface area contributed by atoms with Crippen molar-refractivity contribution >= 4 is 0 Å². The maximum atomic E-state index is 10.1. The Balaban J connectivity index is 1.65. The monoisotopic (exact) mass is 400 g/mol. The summed E-state index contributed by atoms with van der Waals surface area (Å²) in [6.07, 6.45) is 17.1. The lowest BCUT2D eigenvalue weighted by atomic mass is 9.60. The summed E-state index contributed by atoms with van der Waals surface area (Å²) in [6.45, 7) is 12.9. The van der Waals surface area contributed by atoms with Crippen LogP contribution in [0, 0.1) is 23.2 Å². The Morgan fingerprint density at radius 2 is 1.97 bits per heavy atom. The van der Waals surface area contributed by atoms with Gasteiger partial charge in [0.25, 0.3) is 0 Å². The molecule has 2 N–H and O–H groups in total. The Bertz CT molecular complexity index is 650. The molecule has 29 heavy (non-hydrogen) atoms. The maximum Gasteiger partial charge on any atom is 0.0784 e. The van der Waals surface area contributed by atoms with Crippen LogP contribution in [0.1, 0.15) is 98.3 Å². The van der Waals surface area contributed by atoms with Crippen LogP contribution in [0.25, 0.3) is 0 Å². The lowest BCUT2D eigenvalue weighted by molar-refractivity contribution is 0.0596. The number of fused-ring (bicyclic) bond motifs is 1. The zero-order valence-corrected chi connectivity index (χ0v) is 19.3. The molecule has 0 aromatic carbocycles. The van der Waals surface area contributed by atoms with Gasteiger partial charge < -0.3 is 10.2 Å². The first-order chi connectivity index (χ1) is 13.6. The second-order valence-electron chi connectivity index (χ2n) is 11.2. The van der Waals surface area contributed by atoms with Gasteiger partial charge >= 0.3 is 0 Å². The van der Waals surface area contributed by atoms with Crippen LogP contribution in [0.5, 0.6) is 0 Å². The molecule has 0 bridgehead atoms. The predicted octanol–water partition coefficient (Wildman–Crippen LogP) is 6.73. The van der Waals surface area contributed by atoms with Gasteiger partial charge in [-0.1, -0.05) is 56.6 Å². The van der Waals surface area contributed by atoms with Crippen molar-refractivity contribution in [1.82, 2.24) is 0 Å². The fraction of sp³-hybridized carbons (Fsp3) is 0.778. The van der Waals surface area contributed by atoms with Gasteiger partial charge in [-0.2, -0.15) is 0 Å². The van der Waals surface area contributed by atoms with Crippen molar-refractivity contribution in [3.05, 3.63) is 35.5 Å². The second-order valence-corrected chi connectivity index (χ2v) is 11.2. The molecule has 3 rings (SSSR count). The molecule has 2 heteroatoms. The third-order valence-electron chi connectivity index (χ3n) is 8.40. The summed E-state index contributed by atoms with van der Waals surface area (Å²) in [5.74, 6) is 2.29. The van der Waals surface area contributed by atoms with Gasteiger partial charge in [0.1, 0.15) is 0 Å². The van der Waals surface area contributed by atoms with Crippen LogP contribution in [0.15, 0.2) is 35.5 Å². The quantitative estimate of drug-likeness (QED) is 0.485. The summed E-state index contributed by atoms with van der Waals surface area (Å²) in [4.78, 5) is 0. The van der Waals surface area contributed by atoms with Gasteiger partial charge in [-0.05, 0) is 100 Å². The molecule has 0 aromatic rings. The fourth-order valence-corrected chi connectivity index (χ4v) is 6.63. The van der Waals surface area contributed by atoms with Crippen molar-refractivity contribution in [3.8, 4) is 0 Å². The first-order valence-electron chi connectivity index (χ1n) is 12.1. The highest BCUT2D eigenvalue weighted by Crippen LogP contribution is 2.59. The molecule has 3 saturated carbocycles. The Labute approximate surface area is 179 Å². The Morgan fingerprint density at radius 1 is 1.21 bits per heavy atom. The first-order valence-corrected chi connectivity index (χ1v) is 12.1. The molecule has 0 amide bonds. The Hall–Kier alpha value is -0.860. The van der Waals surface area contributed by atoms with Gasteiger partial charge in [-0.15, -0.1) is 0 Å². The molecular weight excluding hydrogens is 356 g/mol. The van der Waals surface area contributed by atoms with Crippen molar-refractivity contribution in [1.29, 1.82) is 0 Å². The SMILES string of the molecule is C=C1CCC(=CC=C2CCC[C@]3(C)[C@@H]([C@@H](C)CCCC(C)(C)O)CC[C@@H]23)C[C@H]1O. The standard InChI is InChI=1S/C27H44O2/c1-19(8-6-16-26(3,4)29)23-14-15-24-22(9-7-17-27(23,24)5)13-12-21-11-10-20(2)25(28)18-21/h12-13,19,23-25,28-29H,2,6-11,14-18H2,1,3-5H3/t19-,23+,24-,25+,27+/m0/s1. The van der Waals surface area contributed by atoms with E-state index in [-0.39, 0.29) is 6.10 Å². The van der Waals surface area contributed by atoms with Crippen LogP contribution in [-0.4, -0.2) is 21.9 Å². The molecule has 0 spiro atoms. The number of aliphatic hydroxyl groups excluding tert-OH is 1. The van der Waals surface area contributed by atoms with Gasteiger partial charge in [0.15, 0.2) is 0 Å². The van der Waals surface area contributed by atoms with Crippen LogP contribution in [0.2, 0.25) is 0 Å². The molecule has 0 heterocycles. The maximum absolute atomic E-state index is 10.1. The van der Waals surface area contributed by atoms with Crippen LogP contribution in [0.3, 0.4) is 0 Å². The van der Waals surface area contributed by atoms with Gasteiger partial charge in [0, 0.05) is 0 Å². The molecule has 164 valence electrons. The summed E-state index contributed by atoms with van der Waals surface area (Å²) < 4.78 is 0. The molecule has 3 aliphatic carbocycles. The fourth-order valence-electron chi connectivity index (χ4n) is 6.63. The Morgan fingerprint density at radius 3 is 2.66 bits per heavy atom. The molecular formula is C27H44O2. The molecule has 3 fully saturated rings. The number of hydrogen-bond acceptors (Lipinski definition) is 2. The molecule has 0 saturated heterocycles. The highest BCUT2D eigenvalue weighted by atomic mass is 16.3. The average molecular weight is 401 g/mol. The zero-order chi connectivity index (χ0) is 21.2. The van der Waals surface area contributed by atoms with Crippen molar-refractivity contribution in [3.63, 3.8) is 0 Å². The van der Waals surface area contributed by atoms with E-state index in [1.165, 1.54) is 44.1 Å².